The van der Waals surface area contributed by atoms with Gasteiger partial charge in [0, 0.05) is 36.1 Å². The first-order chi connectivity index (χ1) is 19.6. The van der Waals surface area contributed by atoms with Crippen molar-refractivity contribution < 1.29 is 42.4 Å². The highest BCUT2D eigenvalue weighted by Crippen LogP contribution is 2.42. The Morgan fingerprint density at radius 3 is 2.32 bits per heavy atom. The van der Waals surface area contributed by atoms with E-state index in [2.05, 4.69) is 12.2 Å². The molecule has 0 unspecified atom stereocenters. The van der Waals surface area contributed by atoms with Crippen molar-refractivity contribution in [3.63, 3.8) is 0 Å². The molecule has 2 heterocycles. The van der Waals surface area contributed by atoms with E-state index in [1.807, 2.05) is 36.4 Å². The summed E-state index contributed by atoms with van der Waals surface area (Å²) in [6.45, 7) is 2.08. The van der Waals surface area contributed by atoms with Gasteiger partial charge in [-0.15, -0.1) is 0 Å². The van der Waals surface area contributed by atoms with Crippen LogP contribution >= 0.6 is 11.8 Å². The topological polar surface area (TPSA) is 108 Å². The van der Waals surface area contributed by atoms with Crippen molar-refractivity contribution >= 4 is 23.6 Å². The summed E-state index contributed by atoms with van der Waals surface area (Å²) >= 11 is 1.60. The predicted molar refractivity (Wildman–Crippen MR) is 146 cm³/mol. The van der Waals surface area contributed by atoms with Gasteiger partial charge in [0.05, 0.1) is 25.4 Å². The highest BCUT2D eigenvalue weighted by molar-refractivity contribution is 7.99. The maximum atomic E-state index is 12.9. The quantitative estimate of drug-likeness (QED) is 0.358. The maximum Gasteiger partial charge on any atom is 0.471 e. The number of ether oxygens (including phenoxy) is 2. The number of nitrogens with one attached hydrogen (secondary N) is 1. The smallest absolute Gasteiger partial charge is 0.396 e. The molecule has 0 saturated carbocycles. The van der Waals surface area contributed by atoms with Crippen LogP contribution in [0.25, 0.3) is 0 Å². The number of aliphatic hydroxyl groups excluding tert-OH is 2. The molecule has 2 aliphatic heterocycles. The summed E-state index contributed by atoms with van der Waals surface area (Å²) in [5.74, 6) is -1.32. The monoisotopic (exact) mass is 596 g/mol. The molecule has 41 heavy (non-hydrogen) atoms. The number of thioether (sulfide) groups is 1. The van der Waals surface area contributed by atoms with Gasteiger partial charge in [-0.05, 0) is 29.5 Å². The van der Waals surface area contributed by atoms with Crippen molar-refractivity contribution in [1.29, 1.82) is 0 Å². The fraction of sp³-hybridized carbons (Fsp3) is 0.517. The molecule has 2 fully saturated rings. The second-order valence-electron chi connectivity index (χ2n) is 10.2. The summed E-state index contributed by atoms with van der Waals surface area (Å²) < 4.78 is 51.4. The van der Waals surface area contributed by atoms with Gasteiger partial charge >= 0.3 is 12.1 Å². The zero-order chi connectivity index (χ0) is 29.6. The first-order valence-electron chi connectivity index (χ1n) is 13.6. The maximum absolute atomic E-state index is 12.9. The molecule has 2 amide bonds. The zero-order valence-corrected chi connectivity index (χ0v) is 23.5. The van der Waals surface area contributed by atoms with E-state index in [4.69, 9.17) is 9.47 Å². The third-order valence-corrected chi connectivity index (χ3v) is 8.45. The van der Waals surface area contributed by atoms with Gasteiger partial charge in [0.1, 0.15) is 6.04 Å². The first-order valence-corrected chi connectivity index (χ1v) is 14.7. The van der Waals surface area contributed by atoms with E-state index in [1.54, 1.807) is 23.9 Å². The molecular weight excluding hydrogens is 561 g/mol. The van der Waals surface area contributed by atoms with Crippen LogP contribution in [0.1, 0.15) is 54.4 Å². The molecule has 2 aromatic rings. The minimum Gasteiger partial charge on any atom is -0.396 e. The fourth-order valence-electron chi connectivity index (χ4n) is 5.12. The Balaban J connectivity index is 1.42. The number of rotatable bonds is 10. The van der Waals surface area contributed by atoms with Crippen molar-refractivity contribution in [3.05, 3.63) is 70.8 Å². The summed E-state index contributed by atoms with van der Waals surface area (Å²) in [6, 6.07) is 13.7. The lowest BCUT2D eigenvalue weighted by atomic mass is 9.91. The summed E-state index contributed by atoms with van der Waals surface area (Å²) in [4.78, 5) is 24.9. The SMILES string of the molecule is C[C@H]1[C@@H](CSCCO)O[C@@H](c2ccc(CNC(=O)[C@@H]3CCCN3C(=O)C(F)(F)F)cc2)O[C@H]1c1ccc(CO)cc1. The van der Waals surface area contributed by atoms with Crippen LogP contribution in [-0.4, -0.2) is 69.9 Å². The fourth-order valence-corrected chi connectivity index (χ4v) is 6.03. The molecule has 12 heteroatoms. The minimum atomic E-state index is -5.02. The van der Waals surface area contributed by atoms with Crippen molar-refractivity contribution in [3.8, 4) is 0 Å². The van der Waals surface area contributed by atoms with E-state index >= 15 is 0 Å². The van der Waals surface area contributed by atoms with E-state index in [9.17, 15) is 33.0 Å². The van der Waals surface area contributed by atoms with Crippen molar-refractivity contribution in [2.24, 2.45) is 5.92 Å². The van der Waals surface area contributed by atoms with Crippen LogP contribution in [0.15, 0.2) is 48.5 Å². The number of carbonyl (C=O) groups excluding carboxylic acids is 2. The van der Waals surface area contributed by atoms with Gasteiger partial charge in [-0.25, -0.2) is 0 Å². The van der Waals surface area contributed by atoms with Crippen molar-refractivity contribution in [1.82, 2.24) is 10.2 Å². The predicted octanol–water partition coefficient (Wildman–Crippen LogP) is 3.87. The molecule has 0 aliphatic carbocycles. The highest BCUT2D eigenvalue weighted by atomic mass is 32.2. The van der Waals surface area contributed by atoms with E-state index < -0.39 is 30.3 Å². The lowest BCUT2D eigenvalue weighted by Crippen LogP contribution is -2.50. The number of aliphatic hydroxyl groups is 2. The second kappa shape index (κ2) is 14.0. The van der Waals surface area contributed by atoms with E-state index in [1.165, 1.54) is 0 Å². The Morgan fingerprint density at radius 2 is 1.68 bits per heavy atom. The molecule has 0 spiro atoms. The van der Waals surface area contributed by atoms with Gasteiger partial charge in [0.2, 0.25) is 5.91 Å². The summed E-state index contributed by atoms with van der Waals surface area (Å²) in [6.07, 6.45) is -5.59. The lowest BCUT2D eigenvalue weighted by Gasteiger charge is -2.41. The third-order valence-electron chi connectivity index (χ3n) is 7.42. The molecule has 2 saturated heterocycles. The van der Waals surface area contributed by atoms with E-state index in [0.29, 0.717) is 22.8 Å². The highest BCUT2D eigenvalue weighted by Gasteiger charge is 2.47. The van der Waals surface area contributed by atoms with Gasteiger partial charge in [0.25, 0.3) is 0 Å². The molecular formula is C29H35F3N2O6S. The largest absolute Gasteiger partial charge is 0.471 e. The van der Waals surface area contributed by atoms with Gasteiger partial charge in [-0.2, -0.15) is 24.9 Å². The number of carbonyl (C=O) groups is 2. The minimum absolute atomic E-state index is 0.0197. The number of amides is 2. The van der Waals surface area contributed by atoms with Crippen molar-refractivity contribution in [2.75, 3.05) is 24.7 Å². The Hall–Kier alpha value is -2.64. The Morgan fingerprint density at radius 1 is 1.02 bits per heavy atom. The molecule has 2 aliphatic rings. The number of alkyl halides is 3. The number of hydrogen-bond acceptors (Lipinski definition) is 7. The molecule has 3 N–H and O–H groups in total. The number of halogens is 3. The second-order valence-corrected chi connectivity index (χ2v) is 11.4. The molecule has 8 nitrogen and oxygen atoms in total. The summed E-state index contributed by atoms with van der Waals surface area (Å²) in [5, 5.41) is 21.3. The van der Waals surface area contributed by atoms with Gasteiger partial charge in [-0.3, -0.25) is 9.59 Å². The van der Waals surface area contributed by atoms with Crippen LogP contribution < -0.4 is 5.32 Å². The van der Waals surface area contributed by atoms with Gasteiger partial charge in [0.15, 0.2) is 6.29 Å². The van der Waals surface area contributed by atoms with E-state index in [0.717, 1.165) is 22.3 Å². The van der Waals surface area contributed by atoms with Crippen LogP contribution in [0, 0.1) is 5.92 Å². The average Bonchev–Trinajstić information content (AvgIpc) is 3.46. The first kappa shape index (κ1) is 31.3. The molecule has 2 aromatic carbocycles. The normalized spacial score (nSPS) is 24.8. The molecule has 4 rings (SSSR count). The molecule has 5 atom stereocenters. The third kappa shape index (κ3) is 7.81. The number of benzene rings is 2. The van der Waals surface area contributed by atoms with Crippen LogP contribution in [0.3, 0.4) is 0 Å². The Labute approximate surface area is 241 Å². The average molecular weight is 597 g/mol. The number of likely N-dealkylation sites (tertiary alicyclic amines) is 1. The van der Waals surface area contributed by atoms with Crippen molar-refractivity contribution in [2.45, 2.75) is 63.6 Å². The molecule has 0 radical (unpaired) electrons. The molecule has 0 bridgehead atoms. The van der Waals surface area contributed by atoms with E-state index in [-0.39, 0.29) is 50.8 Å². The molecule has 224 valence electrons. The van der Waals surface area contributed by atoms with Crippen LogP contribution in [0.2, 0.25) is 0 Å². The van der Waals surface area contributed by atoms with Crippen LogP contribution in [-0.2, 0) is 32.2 Å². The summed E-state index contributed by atoms with van der Waals surface area (Å²) in [7, 11) is 0. The summed E-state index contributed by atoms with van der Waals surface area (Å²) in [5.41, 5.74) is 3.25. The Bertz CT molecular complexity index is 1160. The van der Waals surface area contributed by atoms with Crippen LogP contribution in [0.4, 0.5) is 13.2 Å². The van der Waals surface area contributed by atoms with Gasteiger partial charge < -0.3 is 29.9 Å². The Kier molecular flexibility index (Phi) is 10.7. The zero-order valence-electron chi connectivity index (χ0n) is 22.7. The number of hydrogen-bond donors (Lipinski definition) is 3. The number of nitrogens with zero attached hydrogens (tertiary/aromatic N) is 1. The molecule has 0 aromatic heterocycles. The van der Waals surface area contributed by atoms with Crippen LogP contribution in [0.5, 0.6) is 0 Å². The lowest BCUT2D eigenvalue weighted by molar-refractivity contribution is -0.268. The standard InChI is InChI=1S/C29H35F3N2O6S/c1-18-24(17-41-14-13-35)39-27(40-25(18)21-8-6-20(16-36)7-9-21)22-10-4-19(5-11-22)15-33-26(37)23-3-2-12-34(23)28(38)29(30,31)32/h4-11,18,23-25,27,35-36H,2-3,12-17H2,1H3,(H,33,37)/t18-,23-,24+,25+,27+/m0/s1. The van der Waals surface area contributed by atoms with Gasteiger partial charge in [-0.1, -0.05) is 55.5 Å².